The summed E-state index contributed by atoms with van der Waals surface area (Å²) >= 11 is 0. The molecule has 148 valence electrons. The fourth-order valence-corrected chi connectivity index (χ4v) is 3.49. The van der Waals surface area contributed by atoms with Gasteiger partial charge in [0.25, 0.3) is 0 Å². The second kappa shape index (κ2) is 12.5. The summed E-state index contributed by atoms with van der Waals surface area (Å²) in [5.41, 5.74) is 3.78. The first-order valence-corrected chi connectivity index (χ1v) is 10.9. The lowest BCUT2D eigenvalue weighted by Crippen LogP contribution is -2.00. The van der Waals surface area contributed by atoms with Crippen LogP contribution in [-0.2, 0) is 6.42 Å². The van der Waals surface area contributed by atoms with Crippen molar-refractivity contribution in [2.24, 2.45) is 0 Å². The largest absolute Gasteiger partial charge is 0.494 e. The Balaban J connectivity index is 1.74. The highest BCUT2D eigenvalue weighted by atomic mass is 16.5. The molecule has 0 aliphatic rings. The molecule has 1 aromatic carbocycles. The average molecular weight is 368 g/mol. The zero-order valence-corrected chi connectivity index (χ0v) is 17.5. The van der Waals surface area contributed by atoms with Gasteiger partial charge in [-0.25, -0.2) is 0 Å². The fourth-order valence-electron chi connectivity index (χ4n) is 3.49. The van der Waals surface area contributed by atoms with Crippen molar-refractivity contribution in [1.29, 1.82) is 0 Å². The topological polar surface area (TPSA) is 22.1 Å². The van der Waals surface area contributed by atoms with E-state index < -0.39 is 0 Å². The van der Waals surface area contributed by atoms with Gasteiger partial charge in [-0.15, -0.1) is 0 Å². The van der Waals surface area contributed by atoms with Crippen LogP contribution in [0.5, 0.6) is 5.75 Å². The highest BCUT2D eigenvalue weighted by Crippen LogP contribution is 2.25. The van der Waals surface area contributed by atoms with Crippen molar-refractivity contribution in [1.82, 2.24) is 4.98 Å². The molecule has 2 nitrogen and oxygen atoms in total. The SMILES string of the molecule is CCCCCCCCCCc1ccc(C(C)c2ccc(OCC)cc2)nc1. The summed E-state index contributed by atoms with van der Waals surface area (Å²) in [6.07, 6.45) is 14.2. The van der Waals surface area contributed by atoms with Crippen molar-refractivity contribution in [3.8, 4) is 5.75 Å². The molecule has 1 atom stereocenters. The summed E-state index contributed by atoms with van der Waals surface area (Å²) in [5.74, 6) is 1.24. The molecule has 0 fully saturated rings. The maximum atomic E-state index is 5.53. The molecule has 0 aliphatic carbocycles. The molecule has 0 radical (unpaired) electrons. The Bertz CT molecular complexity index is 618. The second-order valence-electron chi connectivity index (χ2n) is 7.54. The van der Waals surface area contributed by atoms with E-state index in [0.717, 1.165) is 17.9 Å². The Kier molecular flexibility index (Phi) is 9.97. The Morgan fingerprint density at radius 3 is 2.07 bits per heavy atom. The van der Waals surface area contributed by atoms with E-state index in [1.807, 2.05) is 19.1 Å². The van der Waals surface area contributed by atoms with Crippen LogP contribution >= 0.6 is 0 Å². The first-order valence-electron chi connectivity index (χ1n) is 10.9. The van der Waals surface area contributed by atoms with E-state index in [9.17, 15) is 0 Å². The summed E-state index contributed by atoms with van der Waals surface area (Å²) in [4.78, 5) is 4.73. The third-order valence-corrected chi connectivity index (χ3v) is 5.30. The van der Waals surface area contributed by atoms with Crippen LogP contribution in [0.25, 0.3) is 0 Å². The predicted octanol–water partition coefficient (Wildman–Crippen LogP) is 7.32. The summed E-state index contributed by atoms with van der Waals surface area (Å²) in [7, 11) is 0. The van der Waals surface area contributed by atoms with Crippen LogP contribution in [0, 0.1) is 0 Å². The molecule has 0 saturated carbocycles. The van der Waals surface area contributed by atoms with Crippen LogP contribution in [-0.4, -0.2) is 11.6 Å². The smallest absolute Gasteiger partial charge is 0.119 e. The van der Waals surface area contributed by atoms with E-state index in [1.54, 1.807) is 0 Å². The van der Waals surface area contributed by atoms with Gasteiger partial charge < -0.3 is 4.74 Å². The van der Waals surface area contributed by atoms with Crippen molar-refractivity contribution in [3.63, 3.8) is 0 Å². The van der Waals surface area contributed by atoms with Crippen molar-refractivity contribution in [2.45, 2.75) is 84.5 Å². The van der Waals surface area contributed by atoms with Gasteiger partial charge in [-0.3, -0.25) is 4.98 Å². The molecule has 1 aromatic heterocycles. The maximum absolute atomic E-state index is 5.53. The molecule has 0 bridgehead atoms. The number of hydrogen-bond donors (Lipinski definition) is 0. The van der Waals surface area contributed by atoms with E-state index >= 15 is 0 Å². The number of rotatable bonds is 13. The highest BCUT2D eigenvalue weighted by molar-refractivity contribution is 5.33. The van der Waals surface area contributed by atoms with Crippen LogP contribution < -0.4 is 4.74 Å². The van der Waals surface area contributed by atoms with Crippen LogP contribution in [0.1, 0.15) is 94.9 Å². The fraction of sp³-hybridized carbons (Fsp3) is 0.560. The molecule has 27 heavy (non-hydrogen) atoms. The van der Waals surface area contributed by atoms with E-state index in [1.165, 1.54) is 62.5 Å². The maximum Gasteiger partial charge on any atom is 0.119 e. The lowest BCUT2D eigenvalue weighted by Gasteiger charge is -2.13. The van der Waals surface area contributed by atoms with Crippen molar-refractivity contribution < 1.29 is 4.74 Å². The lowest BCUT2D eigenvalue weighted by atomic mass is 9.96. The normalized spacial score (nSPS) is 12.1. The molecule has 0 spiro atoms. The molecule has 1 heterocycles. The number of ether oxygens (including phenoxy) is 1. The Morgan fingerprint density at radius 2 is 1.48 bits per heavy atom. The van der Waals surface area contributed by atoms with Crippen LogP contribution in [0.3, 0.4) is 0 Å². The number of pyridine rings is 1. The van der Waals surface area contributed by atoms with Gasteiger partial charge in [-0.1, -0.05) is 77.0 Å². The molecule has 2 aromatic rings. The number of aryl methyl sites for hydroxylation is 1. The number of nitrogens with zero attached hydrogens (tertiary/aromatic N) is 1. The zero-order chi connectivity index (χ0) is 19.3. The minimum atomic E-state index is 0.304. The van der Waals surface area contributed by atoms with Crippen molar-refractivity contribution in [2.75, 3.05) is 6.61 Å². The van der Waals surface area contributed by atoms with Crippen LogP contribution in [0.15, 0.2) is 42.6 Å². The van der Waals surface area contributed by atoms with Gasteiger partial charge in [-0.05, 0) is 49.1 Å². The van der Waals surface area contributed by atoms with Gasteiger partial charge in [0.2, 0.25) is 0 Å². The molecular weight excluding hydrogens is 330 g/mol. The number of unbranched alkanes of at least 4 members (excludes halogenated alkanes) is 7. The molecule has 2 rings (SSSR count). The Hall–Kier alpha value is -1.83. The Labute approximate surface area is 166 Å². The molecule has 2 heteroatoms. The van der Waals surface area contributed by atoms with Crippen molar-refractivity contribution in [3.05, 3.63) is 59.4 Å². The monoisotopic (exact) mass is 367 g/mol. The molecule has 0 amide bonds. The van der Waals surface area contributed by atoms with Gasteiger partial charge in [0.05, 0.1) is 6.61 Å². The van der Waals surface area contributed by atoms with Gasteiger partial charge in [0.15, 0.2) is 0 Å². The summed E-state index contributed by atoms with van der Waals surface area (Å²) in [6, 6.07) is 12.8. The second-order valence-corrected chi connectivity index (χ2v) is 7.54. The summed E-state index contributed by atoms with van der Waals surface area (Å²) in [5, 5.41) is 0. The van der Waals surface area contributed by atoms with Gasteiger partial charge in [0.1, 0.15) is 5.75 Å². The van der Waals surface area contributed by atoms with E-state index in [4.69, 9.17) is 9.72 Å². The minimum absolute atomic E-state index is 0.304. The van der Waals surface area contributed by atoms with Gasteiger partial charge in [0, 0.05) is 17.8 Å². The minimum Gasteiger partial charge on any atom is -0.494 e. The molecule has 1 unspecified atom stereocenters. The first kappa shape index (κ1) is 21.5. The first-order chi connectivity index (χ1) is 13.2. The van der Waals surface area contributed by atoms with Gasteiger partial charge in [-0.2, -0.15) is 0 Å². The van der Waals surface area contributed by atoms with Crippen LogP contribution in [0.4, 0.5) is 0 Å². The summed E-state index contributed by atoms with van der Waals surface area (Å²) < 4.78 is 5.53. The highest BCUT2D eigenvalue weighted by Gasteiger charge is 2.10. The third-order valence-electron chi connectivity index (χ3n) is 5.30. The number of benzene rings is 1. The third kappa shape index (κ3) is 7.74. The number of hydrogen-bond acceptors (Lipinski definition) is 2. The lowest BCUT2D eigenvalue weighted by molar-refractivity contribution is 0.340. The van der Waals surface area contributed by atoms with Gasteiger partial charge >= 0.3 is 0 Å². The molecule has 0 saturated heterocycles. The van der Waals surface area contributed by atoms with Crippen LogP contribution in [0.2, 0.25) is 0 Å². The van der Waals surface area contributed by atoms with E-state index in [-0.39, 0.29) is 0 Å². The van der Waals surface area contributed by atoms with E-state index in [2.05, 4.69) is 44.3 Å². The Morgan fingerprint density at radius 1 is 0.815 bits per heavy atom. The van der Waals surface area contributed by atoms with E-state index in [0.29, 0.717) is 12.5 Å². The van der Waals surface area contributed by atoms with Crippen molar-refractivity contribution >= 4 is 0 Å². The average Bonchev–Trinajstić information content (AvgIpc) is 2.71. The molecule has 0 N–H and O–H groups in total. The molecular formula is C25H37NO. The quantitative estimate of drug-likeness (QED) is 0.346. The zero-order valence-electron chi connectivity index (χ0n) is 17.5. The summed E-state index contributed by atoms with van der Waals surface area (Å²) in [6.45, 7) is 7.21. The molecule has 0 aliphatic heterocycles. The standard InChI is InChI=1S/C25H37NO/c1-4-6-7-8-9-10-11-12-13-22-14-19-25(26-20-22)21(3)23-15-17-24(18-16-23)27-5-2/h14-21H,4-13H2,1-3H3. The predicted molar refractivity (Wildman–Crippen MR) is 116 cm³/mol. The number of aromatic nitrogens is 1.